The molecule has 4 nitrogen and oxygen atoms in total. The molecule has 0 spiro atoms. The number of hydrogen-bond donors (Lipinski definition) is 0. The third-order valence-corrected chi connectivity index (χ3v) is 21.0. The molecule has 4 heterocycles. The first-order valence-corrected chi connectivity index (χ1v) is 34.2. The van der Waals surface area contributed by atoms with Gasteiger partial charge in [0.05, 0.1) is 0 Å². The summed E-state index contributed by atoms with van der Waals surface area (Å²) in [4.78, 5) is 0. The van der Waals surface area contributed by atoms with Crippen molar-refractivity contribution in [3.05, 3.63) is 340 Å². The number of hydrogen-bond acceptors (Lipinski definition) is 4. The molecule has 100 heavy (non-hydrogen) atoms. The van der Waals surface area contributed by atoms with Gasteiger partial charge < -0.3 is 17.7 Å². The molecular weight excluding hydrogens is 1220 g/mol. The lowest BCUT2D eigenvalue weighted by Crippen LogP contribution is -1.92. The fourth-order valence-corrected chi connectivity index (χ4v) is 16.6. The minimum Gasteiger partial charge on any atom is -0.456 e. The minimum atomic E-state index is 0.898. The van der Waals surface area contributed by atoms with Crippen molar-refractivity contribution in [2.24, 2.45) is 0 Å². The standard InChI is InChI=1S/2C48H28O2/c1-2-14-30-29(12-1)13-7-19-33(30)46-36-20-8-17-31(34-22-10-26-44-47(34)38-15-3-5-24-42(38)49-44)40(36)28-41-32(18-9-21-37(41)46)35-23-11-27-45-48(35)39-16-4-6-25-43(39)50-45;1-2-12-32-29(10-1)11-7-17-37(32)48-38-18-8-15-33(30-22-24-46-42(26-30)35-13-3-5-20-44(35)49-46)40(38)28-41-34(16-9-19-39(41)48)31-23-25-47-43(27-31)36-14-4-6-21-45(36)50-47/h2*1-28H. The number of fused-ring (bicyclic) bond motifs is 18. The molecule has 4 aromatic heterocycles. The van der Waals surface area contributed by atoms with Crippen molar-refractivity contribution >= 4 is 152 Å². The molecule has 22 rings (SSSR count). The lowest BCUT2D eigenvalue weighted by Gasteiger charge is -2.19. The predicted molar refractivity (Wildman–Crippen MR) is 420 cm³/mol. The lowest BCUT2D eigenvalue weighted by atomic mass is 9.84. The van der Waals surface area contributed by atoms with Crippen molar-refractivity contribution in [2.45, 2.75) is 0 Å². The van der Waals surface area contributed by atoms with E-state index >= 15 is 0 Å². The topological polar surface area (TPSA) is 52.6 Å². The second kappa shape index (κ2) is 22.1. The van der Waals surface area contributed by atoms with E-state index in [0.717, 1.165) is 87.8 Å². The molecule has 0 amide bonds. The normalized spacial score (nSPS) is 12.0. The van der Waals surface area contributed by atoms with Crippen LogP contribution in [0.15, 0.2) is 357 Å². The maximum Gasteiger partial charge on any atom is 0.136 e. The summed E-state index contributed by atoms with van der Waals surface area (Å²) < 4.78 is 25.2. The van der Waals surface area contributed by atoms with Crippen LogP contribution in [-0.4, -0.2) is 0 Å². The Kier molecular flexibility index (Phi) is 12.4. The molecule has 0 bridgehead atoms. The smallest absolute Gasteiger partial charge is 0.136 e. The van der Waals surface area contributed by atoms with Gasteiger partial charge in [-0.05, 0) is 204 Å². The van der Waals surface area contributed by atoms with Crippen molar-refractivity contribution in [1.82, 2.24) is 0 Å². The Labute approximate surface area is 573 Å². The van der Waals surface area contributed by atoms with Crippen LogP contribution in [-0.2, 0) is 0 Å². The maximum absolute atomic E-state index is 6.37. The predicted octanol–water partition coefficient (Wildman–Crippen LogP) is 27.9. The van der Waals surface area contributed by atoms with Crippen molar-refractivity contribution in [3.8, 4) is 66.8 Å². The van der Waals surface area contributed by atoms with Gasteiger partial charge in [-0.25, -0.2) is 0 Å². The van der Waals surface area contributed by atoms with Gasteiger partial charge in [0.2, 0.25) is 0 Å². The number of para-hydroxylation sites is 4. The van der Waals surface area contributed by atoms with Crippen LogP contribution in [0.25, 0.3) is 219 Å². The summed E-state index contributed by atoms with van der Waals surface area (Å²) in [6, 6.07) is 122. The van der Waals surface area contributed by atoms with E-state index in [1.807, 2.05) is 36.4 Å². The number of benzene rings is 18. The van der Waals surface area contributed by atoms with Crippen LogP contribution in [0.2, 0.25) is 0 Å². The molecule has 18 aromatic carbocycles. The van der Waals surface area contributed by atoms with Gasteiger partial charge in [0.15, 0.2) is 0 Å². The van der Waals surface area contributed by atoms with E-state index in [0.29, 0.717) is 0 Å². The van der Waals surface area contributed by atoms with Crippen LogP contribution in [0.4, 0.5) is 0 Å². The van der Waals surface area contributed by atoms with Gasteiger partial charge in [-0.3, -0.25) is 0 Å². The largest absolute Gasteiger partial charge is 0.456 e. The maximum atomic E-state index is 6.37. The SMILES string of the molecule is c1ccc2c(-c3c4cccc(-c5ccc6oc7ccccc7c6c5)c4cc4c(-c5ccc6oc7ccccc7c6c5)cccc34)cccc2c1.c1ccc2c(-c3c4cccc(-c5cccc6oc7ccccc7c56)c4cc4c(-c5cccc6oc7ccccc7c56)cccc34)cccc2c1. The Morgan fingerprint density at radius 2 is 0.410 bits per heavy atom. The molecule has 0 radical (unpaired) electrons. The molecule has 0 unspecified atom stereocenters. The summed E-state index contributed by atoms with van der Waals surface area (Å²) in [5.74, 6) is 0. The van der Waals surface area contributed by atoms with E-state index in [-0.39, 0.29) is 0 Å². The van der Waals surface area contributed by atoms with E-state index in [2.05, 4.69) is 303 Å². The van der Waals surface area contributed by atoms with E-state index in [1.165, 1.54) is 131 Å². The molecule has 0 atom stereocenters. The molecule has 0 N–H and O–H groups in total. The van der Waals surface area contributed by atoms with Crippen LogP contribution in [0, 0.1) is 0 Å². The van der Waals surface area contributed by atoms with Gasteiger partial charge in [-0.2, -0.15) is 0 Å². The lowest BCUT2D eigenvalue weighted by molar-refractivity contribution is 0.668. The summed E-state index contributed by atoms with van der Waals surface area (Å²) in [5.41, 5.74) is 21.6. The highest BCUT2D eigenvalue weighted by Gasteiger charge is 2.24. The van der Waals surface area contributed by atoms with Crippen LogP contribution in [0.5, 0.6) is 0 Å². The van der Waals surface area contributed by atoms with Crippen LogP contribution in [0.3, 0.4) is 0 Å². The summed E-state index contributed by atoms with van der Waals surface area (Å²) in [7, 11) is 0. The van der Waals surface area contributed by atoms with Crippen molar-refractivity contribution in [2.75, 3.05) is 0 Å². The highest BCUT2D eigenvalue weighted by Crippen LogP contribution is 2.50. The Morgan fingerprint density at radius 3 is 0.840 bits per heavy atom. The Morgan fingerprint density at radius 1 is 0.140 bits per heavy atom. The molecule has 22 aromatic rings. The molecule has 0 aliphatic carbocycles. The minimum absolute atomic E-state index is 0.898. The molecule has 0 saturated heterocycles. The third kappa shape index (κ3) is 8.60. The second-order valence-corrected chi connectivity index (χ2v) is 26.3. The van der Waals surface area contributed by atoms with Crippen LogP contribution in [0.1, 0.15) is 0 Å². The summed E-state index contributed by atoms with van der Waals surface area (Å²) >= 11 is 0. The highest BCUT2D eigenvalue weighted by atomic mass is 16.3. The zero-order valence-electron chi connectivity index (χ0n) is 54.0. The van der Waals surface area contributed by atoms with Gasteiger partial charge in [0.1, 0.15) is 44.7 Å². The first kappa shape index (κ1) is 55.9. The van der Waals surface area contributed by atoms with Crippen LogP contribution < -0.4 is 0 Å². The summed E-state index contributed by atoms with van der Waals surface area (Å²) in [6.45, 7) is 0. The number of furan rings is 4. The Hall–Kier alpha value is -13.3. The molecule has 0 saturated carbocycles. The van der Waals surface area contributed by atoms with Crippen LogP contribution >= 0.6 is 0 Å². The zero-order chi connectivity index (χ0) is 65.5. The first-order valence-electron chi connectivity index (χ1n) is 34.2. The average molecular weight is 1270 g/mol. The van der Waals surface area contributed by atoms with E-state index in [9.17, 15) is 0 Å². The molecule has 0 aliphatic heterocycles. The highest BCUT2D eigenvalue weighted by molar-refractivity contribution is 6.27. The summed E-state index contributed by atoms with van der Waals surface area (Å²) in [6.07, 6.45) is 0. The molecule has 0 fully saturated rings. The Balaban J connectivity index is 0.000000131. The second-order valence-electron chi connectivity index (χ2n) is 26.3. The fraction of sp³-hybridized carbons (Fsp3) is 0. The van der Waals surface area contributed by atoms with E-state index in [4.69, 9.17) is 17.7 Å². The van der Waals surface area contributed by atoms with Crippen molar-refractivity contribution < 1.29 is 17.7 Å². The number of rotatable bonds is 6. The third-order valence-electron chi connectivity index (χ3n) is 21.0. The van der Waals surface area contributed by atoms with Gasteiger partial charge >= 0.3 is 0 Å². The van der Waals surface area contributed by atoms with Crippen molar-refractivity contribution in [3.63, 3.8) is 0 Å². The van der Waals surface area contributed by atoms with Gasteiger partial charge in [-0.1, -0.05) is 267 Å². The monoisotopic (exact) mass is 1270 g/mol. The van der Waals surface area contributed by atoms with Crippen molar-refractivity contribution in [1.29, 1.82) is 0 Å². The average Bonchev–Trinajstić information content (AvgIpc) is 0.747. The van der Waals surface area contributed by atoms with Gasteiger partial charge in [0.25, 0.3) is 0 Å². The van der Waals surface area contributed by atoms with Gasteiger partial charge in [-0.15, -0.1) is 0 Å². The molecule has 464 valence electrons. The van der Waals surface area contributed by atoms with Gasteiger partial charge in [0, 0.05) is 43.1 Å². The fourth-order valence-electron chi connectivity index (χ4n) is 16.6. The quantitative estimate of drug-likeness (QED) is 0.156. The first-order chi connectivity index (χ1) is 49.6. The van der Waals surface area contributed by atoms with E-state index in [1.54, 1.807) is 0 Å². The molecule has 4 heteroatoms. The summed E-state index contributed by atoms with van der Waals surface area (Å²) in [5, 5.41) is 23.8. The Bertz CT molecular complexity index is 6820. The van der Waals surface area contributed by atoms with E-state index < -0.39 is 0 Å². The molecule has 0 aliphatic rings. The zero-order valence-corrected chi connectivity index (χ0v) is 54.0. The molecular formula is C96H56O4.